The fraction of sp³-hybridized carbons (Fsp3) is 0.105. The number of hydrogen-bond donors (Lipinski definition) is 3. The Morgan fingerprint density at radius 3 is 2.55 bits per heavy atom. The molecule has 0 aliphatic heterocycles. The van der Waals surface area contributed by atoms with Crippen LogP contribution in [0.1, 0.15) is 10.5 Å². The molecule has 0 bridgehead atoms. The molecule has 2 heterocycles. The number of primary amides is 1. The van der Waals surface area contributed by atoms with Crippen molar-refractivity contribution in [2.75, 3.05) is 11.9 Å². The normalized spacial score (nSPS) is 11.5. The number of rotatable bonds is 8. The highest BCUT2D eigenvalue weighted by Gasteiger charge is 2.13. The van der Waals surface area contributed by atoms with Crippen LogP contribution >= 0.6 is 0 Å². The summed E-state index contributed by atoms with van der Waals surface area (Å²) in [6, 6.07) is 11.4. The second-order valence-electron chi connectivity index (χ2n) is 5.87. The second-order valence-corrected chi connectivity index (χ2v) is 5.87. The van der Waals surface area contributed by atoms with E-state index in [-0.39, 0.29) is 29.8 Å². The van der Waals surface area contributed by atoms with E-state index in [4.69, 9.17) is 16.2 Å². The molecule has 1 atom stereocenters. The molecule has 0 fully saturated rings. The molecule has 0 unspecified atom stereocenters. The van der Waals surface area contributed by atoms with E-state index in [1.165, 1.54) is 24.3 Å². The van der Waals surface area contributed by atoms with E-state index in [1.54, 1.807) is 24.3 Å². The predicted molar refractivity (Wildman–Crippen MR) is 103 cm³/mol. The molecular weight excluding hydrogens is 379 g/mol. The smallest absolute Gasteiger partial charge is 0.267 e. The van der Waals surface area contributed by atoms with Gasteiger partial charge in [-0.3, -0.25) is 4.79 Å². The van der Waals surface area contributed by atoms with Crippen molar-refractivity contribution in [3.8, 4) is 23.0 Å². The maximum Gasteiger partial charge on any atom is 0.267 e. The van der Waals surface area contributed by atoms with Crippen molar-refractivity contribution >= 4 is 18.0 Å². The van der Waals surface area contributed by atoms with Crippen LogP contribution in [0, 0.1) is 5.95 Å². The molecule has 0 spiro atoms. The van der Waals surface area contributed by atoms with Gasteiger partial charge in [0.05, 0.1) is 6.04 Å². The summed E-state index contributed by atoms with van der Waals surface area (Å²) < 4.78 is 18.6. The van der Waals surface area contributed by atoms with Gasteiger partial charge in [0, 0.05) is 24.2 Å². The number of anilines is 1. The molecule has 3 aromatic rings. The predicted octanol–water partition coefficient (Wildman–Crippen LogP) is 1.51. The van der Waals surface area contributed by atoms with Gasteiger partial charge in [-0.15, -0.1) is 0 Å². The van der Waals surface area contributed by atoms with Crippen molar-refractivity contribution in [2.45, 2.75) is 6.04 Å². The van der Waals surface area contributed by atoms with Crippen LogP contribution in [0.4, 0.5) is 10.2 Å². The molecule has 0 saturated carbocycles. The van der Waals surface area contributed by atoms with Crippen LogP contribution in [0.3, 0.4) is 0 Å². The van der Waals surface area contributed by atoms with Gasteiger partial charge in [-0.2, -0.15) is 9.37 Å². The number of pyridine rings is 1. The highest BCUT2D eigenvalue weighted by Crippen LogP contribution is 2.24. The molecule has 2 aromatic heterocycles. The number of nitrogens with one attached hydrogen (secondary N) is 1. The van der Waals surface area contributed by atoms with Crippen molar-refractivity contribution in [3.05, 3.63) is 60.2 Å². The molecule has 0 aliphatic carbocycles. The standard InChI is InChI=1S/C19H17FN6O3/c20-15-2-1-3-17(25-15)29-13-6-4-11(5-7-13)19-24-14(18(22)28)8-16(26-19)23-12(9-21)10-27/h1-8,10,12H,9,21H2,(H2,22,28)(H,23,24,26)/t12-/m0/s1. The lowest BCUT2D eigenvalue weighted by Gasteiger charge is -2.13. The molecule has 9 nitrogen and oxygen atoms in total. The maximum atomic E-state index is 13.2. The zero-order valence-corrected chi connectivity index (χ0v) is 15.1. The summed E-state index contributed by atoms with van der Waals surface area (Å²) in [5.74, 6) is -0.430. The minimum absolute atomic E-state index is 0.0246. The summed E-state index contributed by atoms with van der Waals surface area (Å²) in [6.45, 7) is 0.0505. The Morgan fingerprint density at radius 1 is 1.17 bits per heavy atom. The van der Waals surface area contributed by atoms with Crippen molar-refractivity contribution in [2.24, 2.45) is 11.5 Å². The van der Waals surface area contributed by atoms with Gasteiger partial charge in [0.25, 0.3) is 5.91 Å². The molecule has 1 aromatic carbocycles. The van der Waals surface area contributed by atoms with Crippen LogP contribution < -0.4 is 21.5 Å². The Morgan fingerprint density at radius 2 is 1.93 bits per heavy atom. The Balaban J connectivity index is 1.87. The lowest BCUT2D eigenvalue weighted by molar-refractivity contribution is -0.108. The molecule has 0 radical (unpaired) electrons. The van der Waals surface area contributed by atoms with E-state index >= 15 is 0 Å². The van der Waals surface area contributed by atoms with Gasteiger partial charge in [0.15, 0.2) is 5.82 Å². The number of nitrogens with two attached hydrogens (primary N) is 2. The second kappa shape index (κ2) is 8.85. The van der Waals surface area contributed by atoms with Gasteiger partial charge < -0.3 is 26.3 Å². The van der Waals surface area contributed by atoms with Crippen LogP contribution in [0.25, 0.3) is 11.4 Å². The highest BCUT2D eigenvalue weighted by molar-refractivity contribution is 5.92. The van der Waals surface area contributed by atoms with E-state index in [0.29, 0.717) is 17.6 Å². The topological polar surface area (TPSA) is 146 Å². The number of benzene rings is 1. The van der Waals surface area contributed by atoms with Gasteiger partial charge in [-0.25, -0.2) is 9.97 Å². The van der Waals surface area contributed by atoms with Gasteiger partial charge in [0.1, 0.15) is 23.5 Å². The number of nitrogens with zero attached hydrogens (tertiary/aromatic N) is 3. The van der Waals surface area contributed by atoms with Gasteiger partial charge in [-0.05, 0) is 30.3 Å². The summed E-state index contributed by atoms with van der Waals surface area (Å²) in [7, 11) is 0. The number of carbonyl (C=O) groups excluding carboxylic acids is 2. The summed E-state index contributed by atoms with van der Waals surface area (Å²) >= 11 is 0. The fourth-order valence-electron chi connectivity index (χ4n) is 2.35. The number of aldehydes is 1. The molecule has 10 heteroatoms. The first-order chi connectivity index (χ1) is 14.0. The third-order valence-electron chi connectivity index (χ3n) is 3.75. The lowest BCUT2D eigenvalue weighted by Crippen LogP contribution is -2.30. The summed E-state index contributed by atoms with van der Waals surface area (Å²) in [5.41, 5.74) is 11.4. The van der Waals surface area contributed by atoms with Crippen LogP contribution in [0.5, 0.6) is 11.6 Å². The summed E-state index contributed by atoms with van der Waals surface area (Å²) in [5, 5.41) is 2.81. The molecule has 1 amide bonds. The van der Waals surface area contributed by atoms with Gasteiger partial charge in [-0.1, -0.05) is 6.07 Å². The maximum absolute atomic E-state index is 13.2. The molecule has 29 heavy (non-hydrogen) atoms. The molecule has 3 rings (SSSR count). The van der Waals surface area contributed by atoms with E-state index < -0.39 is 17.9 Å². The molecule has 148 valence electrons. The number of halogens is 1. The first kappa shape index (κ1) is 19.8. The zero-order chi connectivity index (χ0) is 20.8. The number of ether oxygens (including phenoxy) is 1. The van der Waals surface area contributed by atoms with Crippen LogP contribution in [-0.2, 0) is 4.79 Å². The molecule has 5 N–H and O–H groups in total. The van der Waals surface area contributed by atoms with Crippen molar-refractivity contribution < 1.29 is 18.7 Å². The first-order valence-electron chi connectivity index (χ1n) is 8.50. The average molecular weight is 396 g/mol. The number of amides is 1. The molecular formula is C19H17FN6O3. The van der Waals surface area contributed by atoms with Crippen LogP contribution in [0.15, 0.2) is 48.5 Å². The Kier molecular flexibility index (Phi) is 6.05. The fourth-order valence-corrected chi connectivity index (χ4v) is 2.35. The highest BCUT2D eigenvalue weighted by atomic mass is 19.1. The Hall–Kier alpha value is -3.92. The third-order valence-corrected chi connectivity index (χ3v) is 3.75. The van der Waals surface area contributed by atoms with Gasteiger partial charge >= 0.3 is 0 Å². The number of hydrogen-bond acceptors (Lipinski definition) is 8. The van der Waals surface area contributed by atoms with E-state index in [0.717, 1.165) is 0 Å². The van der Waals surface area contributed by atoms with E-state index in [9.17, 15) is 14.0 Å². The third kappa shape index (κ3) is 5.08. The Bertz CT molecular complexity index is 1030. The Labute approximate surface area is 164 Å². The number of aromatic nitrogens is 3. The van der Waals surface area contributed by atoms with Gasteiger partial charge in [0.2, 0.25) is 11.8 Å². The van der Waals surface area contributed by atoms with Crippen molar-refractivity contribution in [1.29, 1.82) is 0 Å². The molecule has 0 saturated heterocycles. The quantitative estimate of drug-likeness (QED) is 0.383. The minimum Gasteiger partial charge on any atom is -0.439 e. The van der Waals surface area contributed by atoms with E-state index in [1.807, 2.05) is 0 Å². The summed E-state index contributed by atoms with van der Waals surface area (Å²) in [6.07, 6.45) is 0.637. The molecule has 0 aliphatic rings. The lowest BCUT2D eigenvalue weighted by atomic mass is 10.2. The minimum atomic E-state index is -0.746. The average Bonchev–Trinajstić information content (AvgIpc) is 2.72. The SMILES string of the molecule is NC[C@@H](C=O)Nc1cc(C(N)=O)nc(-c2ccc(Oc3cccc(F)n3)cc2)n1. The van der Waals surface area contributed by atoms with Crippen LogP contribution in [0.2, 0.25) is 0 Å². The largest absolute Gasteiger partial charge is 0.439 e. The number of carbonyl (C=O) groups is 2. The monoisotopic (exact) mass is 396 g/mol. The zero-order valence-electron chi connectivity index (χ0n) is 15.1. The summed E-state index contributed by atoms with van der Waals surface area (Å²) in [4.78, 5) is 34.7. The first-order valence-corrected chi connectivity index (χ1v) is 8.50. The van der Waals surface area contributed by atoms with Crippen LogP contribution in [-0.4, -0.2) is 39.7 Å². The van der Waals surface area contributed by atoms with E-state index in [2.05, 4.69) is 20.3 Å². The van der Waals surface area contributed by atoms with Crippen molar-refractivity contribution in [3.63, 3.8) is 0 Å². The van der Waals surface area contributed by atoms with Crippen molar-refractivity contribution in [1.82, 2.24) is 15.0 Å².